The summed E-state index contributed by atoms with van der Waals surface area (Å²) < 4.78 is 28.5. The predicted octanol–water partition coefficient (Wildman–Crippen LogP) is -0.174. The van der Waals surface area contributed by atoms with Crippen molar-refractivity contribution in [2.24, 2.45) is 18.7 Å². The lowest BCUT2D eigenvalue weighted by Gasteiger charge is -2.28. The Bertz CT molecular complexity index is 506. The molecule has 1 heterocycles. The summed E-state index contributed by atoms with van der Waals surface area (Å²) in [7, 11) is -1.84. The van der Waals surface area contributed by atoms with E-state index in [0.717, 1.165) is 12.8 Å². The first kappa shape index (κ1) is 12.5. The third-order valence-corrected chi connectivity index (χ3v) is 4.72. The standard InChI is InChI=1S/C10H18N4O2S/c1-10(6-11,8-3-4-8)13-17(15,16)9-5-14(2)7-12-9/h5,7-8,13H,3-4,6,11H2,1-2H3. The zero-order chi connectivity index (χ0) is 12.7. The molecule has 2 rings (SSSR count). The van der Waals surface area contributed by atoms with Crippen molar-refractivity contribution in [2.75, 3.05) is 6.54 Å². The van der Waals surface area contributed by atoms with Crippen molar-refractivity contribution in [1.82, 2.24) is 14.3 Å². The molecule has 0 aliphatic heterocycles. The third-order valence-electron chi connectivity index (χ3n) is 3.23. The number of rotatable bonds is 5. The molecule has 17 heavy (non-hydrogen) atoms. The van der Waals surface area contributed by atoms with Gasteiger partial charge >= 0.3 is 0 Å². The first-order valence-corrected chi connectivity index (χ1v) is 7.08. The molecule has 6 nitrogen and oxygen atoms in total. The van der Waals surface area contributed by atoms with Crippen LogP contribution in [0, 0.1) is 5.92 Å². The summed E-state index contributed by atoms with van der Waals surface area (Å²) in [5, 5.41) is 0.0420. The van der Waals surface area contributed by atoms with E-state index in [4.69, 9.17) is 5.73 Å². The smallest absolute Gasteiger partial charge is 0.260 e. The van der Waals surface area contributed by atoms with Gasteiger partial charge in [0.15, 0.2) is 5.03 Å². The first-order valence-electron chi connectivity index (χ1n) is 5.59. The molecule has 3 N–H and O–H groups in total. The molecule has 1 aromatic rings. The second-order valence-electron chi connectivity index (χ2n) is 4.88. The molecule has 7 heteroatoms. The molecule has 0 saturated heterocycles. The number of aryl methyl sites for hydroxylation is 1. The fourth-order valence-electron chi connectivity index (χ4n) is 1.90. The lowest BCUT2D eigenvalue weighted by molar-refractivity contribution is 0.373. The van der Waals surface area contributed by atoms with Crippen LogP contribution < -0.4 is 10.5 Å². The summed E-state index contributed by atoms with van der Waals surface area (Å²) in [5.74, 6) is 0.339. The summed E-state index contributed by atoms with van der Waals surface area (Å²) in [6.07, 6.45) is 4.99. The minimum absolute atomic E-state index is 0.0420. The van der Waals surface area contributed by atoms with Gasteiger partial charge < -0.3 is 10.3 Å². The van der Waals surface area contributed by atoms with Gasteiger partial charge in [0, 0.05) is 25.3 Å². The fraction of sp³-hybridized carbons (Fsp3) is 0.700. The highest BCUT2D eigenvalue weighted by atomic mass is 32.2. The van der Waals surface area contributed by atoms with Crippen molar-refractivity contribution in [3.05, 3.63) is 12.5 Å². The molecule has 0 spiro atoms. The van der Waals surface area contributed by atoms with Crippen molar-refractivity contribution in [1.29, 1.82) is 0 Å². The van der Waals surface area contributed by atoms with Crippen LogP contribution in [0.5, 0.6) is 0 Å². The van der Waals surface area contributed by atoms with Crippen molar-refractivity contribution in [3.8, 4) is 0 Å². The molecule has 1 unspecified atom stereocenters. The Hall–Kier alpha value is -0.920. The van der Waals surface area contributed by atoms with Gasteiger partial charge in [0.1, 0.15) is 0 Å². The molecule has 1 saturated carbocycles. The van der Waals surface area contributed by atoms with Gasteiger partial charge in [-0.05, 0) is 25.7 Å². The van der Waals surface area contributed by atoms with Crippen molar-refractivity contribution >= 4 is 10.0 Å². The second-order valence-corrected chi connectivity index (χ2v) is 6.51. The van der Waals surface area contributed by atoms with E-state index in [1.165, 1.54) is 12.5 Å². The Morgan fingerprint density at radius 3 is 2.71 bits per heavy atom. The van der Waals surface area contributed by atoms with Crippen molar-refractivity contribution in [3.63, 3.8) is 0 Å². The quantitative estimate of drug-likeness (QED) is 0.767. The molecular weight excluding hydrogens is 240 g/mol. The lowest BCUT2D eigenvalue weighted by atomic mass is 9.98. The predicted molar refractivity (Wildman–Crippen MR) is 63.7 cm³/mol. The maximum Gasteiger partial charge on any atom is 0.260 e. The van der Waals surface area contributed by atoms with Crippen LogP contribution in [-0.2, 0) is 17.1 Å². The minimum atomic E-state index is -3.58. The van der Waals surface area contributed by atoms with Crippen LogP contribution in [0.25, 0.3) is 0 Å². The molecule has 0 amide bonds. The van der Waals surface area contributed by atoms with E-state index in [-0.39, 0.29) is 5.03 Å². The maximum atomic E-state index is 12.1. The number of aromatic nitrogens is 2. The fourth-order valence-corrected chi connectivity index (χ4v) is 3.36. The van der Waals surface area contributed by atoms with Gasteiger partial charge in [0.25, 0.3) is 10.0 Å². The van der Waals surface area contributed by atoms with E-state index in [1.807, 2.05) is 6.92 Å². The lowest BCUT2D eigenvalue weighted by Crippen LogP contribution is -2.53. The average Bonchev–Trinajstić information content (AvgIpc) is 3.01. The Labute approximate surface area is 101 Å². The van der Waals surface area contributed by atoms with Gasteiger partial charge in [-0.25, -0.2) is 18.1 Å². The number of nitrogens with two attached hydrogens (primary N) is 1. The molecule has 1 aromatic heterocycles. The summed E-state index contributed by atoms with van der Waals surface area (Å²) in [6.45, 7) is 2.15. The van der Waals surface area contributed by atoms with E-state index in [1.54, 1.807) is 11.6 Å². The molecular formula is C10H18N4O2S. The highest BCUT2D eigenvalue weighted by Crippen LogP contribution is 2.39. The van der Waals surface area contributed by atoms with Gasteiger partial charge in [-0.2, -0.15) is 0 Å². The van der Waals surface area contributed by atoms with Crippen LogP contribution in [0.3, 0.4) is 0 Å². The number of hydrogen-bond donors (Lipinski definition) is 2. The average molecular weight is 258 g/mol. The van der Waals surface area contributed by atoms with E-state index >= 15 is 0 Å². The van der Waals surface area contributed by atoms with Crippen LogP contribution >= 0.6 is 0 Å². The Morgan fingerprint density at radius 2 is 2.29 bits per heavy atom. The SMILES string of the molecule is Cn1cnc(S(=O)(=O)NC(C)(CN)C2CC2)c1. The summed E-state index contributed by atoms with van der Waals surface area (Å²) in [6, 6.07) is 0. The van der Waals surface area contributed by atoms with E-state index in [9.17, 15) is 8.42 Å². The Morgan fingerprint density at radius 1 is 1.65 bits per heavy atom. The summed E-state index contributed by atoms with van der Waals surface area (Å²) in [5.41, 5.74) is 5.13. The molecule has 0 aromatic carbocycles. The number of nitrogens with zero attached hydrogens (tertiary/aromatic N) is 2. The van der Waals surface area contributed by atoms with Crippen molar-refractivity contribution < 1.29 is 8.42 Å². The highest BCUT2D eigenvalue weighted by Gasteiger charge is 2.43. The molecule has 1 fully saturated rings. The van der Waals surface area contributed by atoms with E-state index in [2.05, 4.69) is 9.71 Å². The summed E-state index contributed by atoms with van der Waals surface area (Å²) in [4.78, 5) is 3.86. The van der Waals surface area contributed by atoms with Gasteiger partial charge in [0.05, 0.1) is 6.33 Å². The van der Waals surface area contributed by atoms with E-state index in [0.29, 0.717) is 12.5 Å². The number of sulfonamides is 1. The number of nitrogens with one attached hydrogen (secondary N) is 1. The van der Waals surface area contributed by atoms with Gasteiger partial charge in [-0.15, -0.1) is 0 Å². The number of imidazole rings is 1. The zero-order valence-electron chi connectivity index (χ0n) is 10.0. The van der Waals surface area contributed by atoms with Crippen LogP contribution in [-0.4, -0.2) is 30.1 Å². The second kappa shape index (κ2) is 4.08. The third kappa shape index (κ3) is 2.51. The summed E-state index contributed by atoms with van der Waals surface area (Å²) >= 11 is 0. The van der Waals surface area contributed by atoms with Crippen molar-refractivity contribution in [2.45, 2.75) is 30.3 Å². The first-order chi connectivity index (χ1) is 7.87. The van der Waals surface area contributed by atoms with Gasteiger partial charge in [-0.3, -0.25) is 0 Å². The Kier molecular flexibility index (Phi) is 3.01. The molecule has 1 aliphatic carbocycles. The highest BCUT2D eigenvalue weighted by molar-refractivity contribution is 7.89. The zero-order valence-corrected chi connectivity index (χ0v) is 10.9. The monoisotopic (exact) mass is 258 g/mol. The van der Waals surface area contributed by atoms with Crippen LogP contribution in [0.15, 0.2) is 17.6 Å². The molecule has 0 bridgehead atoms. The van der Waals surface area contributed by atoms with Crippen LogP contribution in [0.4, 0.5) is 0 Å². The normalized spacial score (nSPS) is 20.2. The number of hydrogen-bond acceptors (Lipinski definition) is 4. The Balaban J connectivity index is 2.22. The molecule has 96 valence electrons. The molecule has 1 aliphatic rings. The van der Waals surface area contributed by atoms with E-state index < -0.39 is 15.6 Å². The van der Waals surface area contributed by atoms with Gasteiger partial charge in [0.2, 0.25) is 0 Å². The van der Waals surface area contributed by atoms with Gasteiger partial charge in [-0.1, -0.05) is 0 Å². The minimum Gasteiger partial charge on any atom is -0.339 e. The largest absolute Gasteiger partial charge is 0.339 e. The van der Waals surface area contributed by atoms with Crippen LogP contribution in [0.1, 0.15) is 19.8 Å². The van der Waals surface area contributed by atoms with Crippen LogP contribution in [0.2, 0.25) is 0 Å². The topological polar surface area (TPSA) is 90.0 Å². The maximum absolute atomic E-state index is 12.1. The molecule has 1 atom stereocenters. The molecule has 0 radical (unpaired) electrons.